The molecule has 23 heavy (non-hydrogen) atoms. The van der Waals surface area contributed by atoms with Crippen molar-refractivity contribution in [3.05, 3.63) is 20.8 Å². The van der Waals surface area contributed by atoms with E-state index in [1.54, 1.807) is 11.3 Å². The molecule has 0 amide bonds. The highest BCUT2D eigenvalue weighted by atomic mass is 128. The van der Waals surface area contributed by atoms with Crippen LogP contribution in [0.25, 0.3) is 10.2 Å². The highest BCUT2D eigenvalue weighted by molar-refractivity contribution is 15.0. The summed E-state index contributed by atoms with van der Waals surface area (Å²) in [6, 6.07) is 0. The molecule has 2 aromatic heterocycles. The third-order valence-corrected chi connectivity index (χ3v) is 8.57. The van der Waals surface area contributed by atoms with E-state index >= 15 is 0 Å². The molecule has 0 bridgehead atoms. The fraction of sp³-hybridized carbons (Fsp3) is 0.500. The van der Waals surface area contributed by atoms with Crippen molar-refractivity contribution >= 4 is 130 Å². The minimum Gasteiger partial charge on any atom is -1.00 e. The van der Waals surface area contributed by atoms with Crippen LogP contribution < -0.4 is 29.5 Å². The Labute approximate surface area is 220 Å². The van der Waals surface area contributed by atoms with E-state index in [2.05, 4.69) is 110 Å². The van der Waals surface area contributed by atoms with Gasteiger partial charge >= 0.3 is 5.16 Å². The Kier molecular flexibility index (Phi) is 14.9. The molecule has 0 saturated heterocycles. The molecule has 1 aliphatic rings. The SMILES string of the molecule is Cc1sc2nc3n(c(=O)c2c1C)CC(CI)[S+]3C.II.II.[I-]. The summed E-state index contributed by atoms with van der Waals surface area (Å²) in [6.07, 6.45) is 2.22. The number of hydrogen-bond acceptors (Lipinski definition) is 3. The second-order valence-corrected chi connectivity index (χ2v) is 8.84. The predicted octanol–water partition coefficient (Wildman–Crippen LogP) is 3.05. The zero-order valence-corrected chi connectivity index (χ0v) is 27.0. The van der Waals surface area contributed by atoms with Gasteiger partial charge in [0.05, 0.1) is 22.8 Å². The van der Waals surface area contributed by atoms with Gasteiger partial charge in [-0.05, 0) is 19.4 Å². The van der Waals surface area contributed by atoms with Crippen LogP contribution in [-0.4, -0.2) is 25.5 Å². The van der Waals surface area contributed by atoms with Crippen LogP contribution in [0.2, 0.25) is 0 Å². The van der Waals surface area contributed by atoms with Crippen molar-refractivity contribution in [2.75, 3.05) is 10.7 Å². The first-order chi connectivity index (χ1) is 10.5. The lowest BCUT2D eigenvalue weighted by Crippen LogP contribution is -3.00. The quantitative estimate of drug-likeness (QED) is 0.191. The maximum atomic E-state index is 12.6. The van der Waals surface area contributed by atoms with E-state index in [-0.39, 0.29) is 40.4 Å². The molecule has 2 aromatic rings. The van der Waals surface area contributed by atoms with Gasteiger partial charge in [0, 0.05) is 83.8 Å². The molecule has 2 atom stereocenters. The Bertz CT molecular complexity index is 705. The summed E-state index contributed by atoms with van der Waals surface area (Å²) in [5, 5.41) is 2.42. The summed E-state index contributed by atoms with van der Waals surface area (Å²) in [7, 11) is 0.102. The van der Waals surface area contributed by atoms with Crippen LogP contribution in [0.5, 0.6) is 0 Å². The Balaban J connectivity index is 0.000000901. The minimum absolute atomic E-state index is 0. The molecule has 3 nitrogen and oxygen atoms in total. The Morgan fingerprint density at radius 1 is 1.30 bits per heavy atom. The van der Waals surface area contributed by atoms with Crippen molar-refractivity contribution in [2.45, 2.75) is 30.8 Å². The van der Waals surface area contributed by atoms with E-state index < -0.39 is 0 Å². The van der Waals surface area contributed by atoms with E-state index in [1.165, 1.54) is 4.88 Å². The Morgan fingerprint density at radius 2 is 1.87 bits per heavy atom. The first kappa shape index (κ1) is 26.6. The molecule has 0 N–H and O–H groups in total. The van der Waals surface area contributed by atoms with Crippen LogP contribution in [-0.2, 0) is 17.4 Å². The Morgan fingerprint density at radius 3 is 2.39 bits per heavy atom. The van der Waals surface area contributed by atoms with Gasteiger partial charge in [0.25, 0.3) is 5.56 Å². The van der Waals surface area contributed by atoms with Crippen molar-refractivity contribution in [1.29, 1.82) is 0 Å². The average molecular weight is 1030 g/mol. The molecule has 3 heterocycles. The Hall–Kier alpha value is 3.57. The molecule has 132 valence electrons. The maximum absolute atomic E-state index is 12.6. The number of hydrogen-bond donors (Lipinski definition) is 0. The van der Waals surface area contributed by atoms with Crippen LogP contribution in [0.1, 0.15) is 10.4 Å². The molecular weight excluding hydrogens is 1010 g/mol. The summed E-state index contributed by atoms with van der Waals surface area (Å²) in [4.78, 5) is 19.5. The monoisotopic (exact) mass is 1030 g/mol. The first-order valence-electron chi connectivity index (χ1n) is 6.04. The summed E-state index contributed by atoms with van der Waals surface area (Å²) in [5.74, 6) is 0. The lowest BCUT2D eigenvalue weighted by atomic mass is 10.2. The maximum Gasteiger partial charge on any atom is 0.329 e. The molecule has 2 unspecified atom stereocenters. The second-order valence-electron chi connectivity index (χ2n) is 4.61. The van der Waals surface area contributed by atoms with Crippen LogP contribution >= 0.6 is 108 Å². The molecule has 0 aliphatic carbocycles. The molecule has 3 rings (SSSR count). The summed E-state index contributed by atoms with van der Waals surface area (Å²) >= 11 is 12.5. The van der Waals surface area contributed by atoms with Crippen molar-refractivity contribution < 1.29 is 24.0 Å². The summed E-state index contributed by atoms with van der Waals surface area (Å²) in [5.41, 5.74) is 1.28. The van der Waals surface area contributed by atoms with Gasteiger partial charge in [-0.25, -0.2) is 4.57 Å². The minimum atomic E-state index is 0. The van der Waals surface area contributed by atoms with Gasteiger partial charge in [0.15, 0.2) is 5.25 Å². The fourth-order valence-electron chi connectivity index (χ4n) is 2.32. The van der Waals surface area contributed by atoms with Crippen molar-refractivity contribution in [1.82, 2.24) is 9.55 Å². The highest BCUT2D eigenvalue weighted by Crippen LogP contribution is 2.30. The van der Waals surface area contributed by atoms with Gasteiger partial charge < -0.3 is 24.0 Å². The van der Waals surface area contributed by atoms with Crippen LogP contribution in [0.4, 0.5) is 0 Å². The average Bonchev–Trinajstić information content (AvgIpc) is 3.02. The second kappa shape index (κ2) is 12.9. The fourth-order valence-corrected chi connectivity index (χ4v) is 6.90. The number of aromatic nitrogens is 2. The molecule has 11 heteroatoms. The number of aryl methyl sites for hydroxylation is 2. The van der Waals surface area contributed by atoms with Gasteiger partial charge in [0.2, 0.25) is 0 Å². The first-order valence-corrected chi connectivity index (χ1v) is 22.7. The molecule has 0 spiro atoms. The van der Waals surface area contributed by atoms with Crippen molar-refractivity contribution in [3.8, 4) is 0 Å². The summed E-state index contributed by atoms with van der Waals surface area (Å²) < 4.78 is 3.00. The lowest BCUT2D eigenvalue weighted by molar-refractivity contribution is -0.00000392. The zero-order valence-electron chi connectivity index (χ0n) is 12.4. The van der Waals surface area contributed by atoms with E-state index in [0.717, 1.165) is 31.9 Å². The summed E-state index contributed by atoms with van der Waals surface area (Å²) in [6.45, 7) is 4.94. The van der Waals surface area contributed by atoms with Crippen molar-refractivity contribution in [3.63, 3.8) is 0 Å². The number of thiophene rings is 1. The van der Waals surface area contributed by atoms with Gasteiger partial charge in [-0.1, -0.05) is 22.6 Å². The van der Waals surface area contributed by atoms with E-state index in [4.69, 9.17) is 4.98 Å². The van der Waals surface area contributed by atoms with Crippen molar-refractivity contribution in [2.24, 2.45) is 0 Å². The van der Waals surface area contributed by atoms with E-state index in [1.807, 2.05) is 11.5 Å². The molecule has 0 saturated carbocycles. The molecule has 0 aromatic carbocycles. The smallest absolute Gasteiger partial charge is 0.329 e. The normalized spacial score (nSPS) is 18.3. The van der Waals surface area contributed by atoms with Gasteiger partial charge in [-0.15, -0.1) is 11.3 Å². The lowest BCUT2D eigenvalue weighted by Gasteiger charge is -1.98. The number of rotatable bonds is 1. The largest absolute Gasteiger partial charge is 1.00 e. The van der Waals surface area contributed by atoms with E-state index in [9.17, 15) is 4.79 Å². The molecule has 1 aliphatic heterocycles. The van der Waals surface area contributed by atoms with Crippen LogP contribution in [0.3, 0.4) is 0 Å². The highest BCUT2D eigenvalue weighted by Gasteiger charge is 2.41. The standard InChI is InChI=1S/C12H14IN2OS2.2I2.HI/c1-6-7(2)17-10-9(6)11(16)15-5-8(4-13)18(3)12(15)14-10;2*1-2;/h8H,4-5H2,1-3H3;;;1H/q+1;;;/p-1. The topological polar surface area (TPSA) is 34.9 Å². The molecular formula is C12H14I6N2OS2. The van der Waals surface area contributed by atoms with Gasteiger partial charge in [-0.2, -0.15) is 4.98 Å². The van der Waals surface area contributed by atoms with Gasteiger partial charge in [0.1, 0.15) is 11.1 Å². The number of alkyl halides is 1. The van der Waals surface area contributed by atoms with Crippen LogP contribution in [0, 0.1) is 13.8 Å². The zero-order chi connectivity index (χ0) is 17.0. The third kappa shape index (κ3) is 5.78. The third-order valence-electron chi connectivity index (χ3n) is 3.60. The van der Waals surface area contributed by atoms with Crippen LogP contribution in [0.15, 0.2) is 9.95 Å². The van der Waals surface area contributed by atoms with E-state index in [0.29, 0.717) is 5.25 Å². The molecule has 0 fully saturated rings. The van der Waals surface area contributed by atoms with Gasteiger partial charge in [-0.3, -0.25) is 4.79 Å². The number of nitrogens with zero attached hydrogens (tertiary/aromatic N) is 2. The number of fused-ring (bicyclic) bond motifs is 2. The predicted molar refractivity (Wildman–Crippen MR) is 144 cm³/mol. The molecule has 0 radical (unpaired) electrons. The number of halogens is 6.